The lowest BCUT2D eigenvalue weighted by molar-refractivity contribution is -0.139. The van der Waals surface area contributed by atoms with Gasteiger partial charge in [0, 0.05) is 19.0 Å². The summed E-state index contributed by atoms with van der Waals surface area (Å²) >= 11 is 18.4. The van der Waals surface area contributed by atoms with E-state index in [0.29, 0.717) is 30.0 Å². The van der Waals surface area contributed by atoms with Crippen LogP contribution in [0, 0.1) is 0 Å². The molecule has 0 N–H and O–H groups in total. The van der Waals surface area contributed by atoms with Crippen LogP contribution in [0.4, 0.5) is 4.79 Å². The highest BCUT2D eigenvalue weighted by Gasteiger charge is 2.27. The Kier molecular flexibility index (Phi) is 10.7. The topological polar surface area (TPSA) is 68.2 Å². The van der Waals surface area contributed by atoms with Gasteiger partial charge in [0.05, 0.1) is 12.4 Å². The molecular formula is C10H15Cl3N2O4S2. The molecule has 0 aliphatic carbocycles. The first kappa shape index (κ1) is 21.0. The first-order valence-electron chi connectivity index (χ1n) is 5.75. The molecule has 6 nitrogen and oxygen atoms in total. The molecule has 0 bridgehead atoms. The van der Waals surface area contributed by atoms with Gasteiger partial charge < -0.3 is 4.74 Å². The highest BCUT2D eigenvalue weighted by molar-refractivity contribution is 8.14. The van der Waals surface area contributed by atoms with Crippen LogP contribution in [-0.4, -0.2) is 43.9 Å². The lowest BCUT2D eigenvalue weighted by atomic mass is 10.5. The molecule has 0 fully saturated rings. The van der Waals surface area contributed by atoms with Gasteiger partial charge in [-0.05, 0) is 13.3 Å². The van der Waals surface area contributed by atoms with Crippen molar-refractivity contribution in [3.05, 3.63) is 0 Å². The second kappa shape index (κ2) is 10.7. The third kappa shape index (κ3) is 11.2. The maximum atomic E-state index is 11.6. The summed E-state index contributed by atoms with van der Waals surface area (Å²) in [5, 5.41) is 4.14. The van der Waals surface area contributed by atoms with E-state index in [0.717, 1.165) is 16.1 Å². The number of hydrogen-bond acceptors (Lipinski definition) is 7. The summed E-state index contributed by atoms with van der Waals surface area (Å²) in [7, 11) is 1.38. The van der Waals surface area contributed by atoms with Crippen molar-refractivity contribution in [1.82, 2.24) is 4.31 Å². The average Bonchev–Trinajstić information content (AvgIpc) is 2.36. The van der Waals surface area contributed by atoms with Crippen molar-refractivity contribution in [3.63, 3.8) is 0 Å². The van der Waals surface area contributed by atoms with Crippen molar-refractivity contribution in [2.75, 3.05) is 19.4 Å². The van der Waals surface area contributed by atoms with Gasteiger partial charge in [-0.3, -0.25) is 9.63 Å². The third-order valence-corrected chi connectivity index (χ3v) is 4.01. The highest BCUT2D eigenvalue weighted by Crippen LogP contribution is 2.40. The van der Waals surface area contributed by atoms with Crippen molar-refractivity contribution < 1.29 is 19.2 Å². The van der Waals surface area contributed by atoms with E-state index in [-0.39, 0.29) is 11.7 Å². The smallest absolute Gasteiger partial charge is 0.445 e. The number of oxime groups is 1. The summed E-state index contributed by atoms with van der Waals surface area (Å²) < 4.78 is 4.10. The zero-order valence-corrected chi connectivity index (χ0v) is 15.5. The second-order valence-corrected chi connectivity index (χ2v) is 8.67. The van der Waals surface area contributed by atoms with Gasteiger partial charge in [0.25, 0.3) is 3.12 Å². The Balaban J connectivity index is 4.33. The van der Waals surface area contributed by atoms with Crippen LogP contribution in [0.25, 0.3) is 0 Å². The minimum Gasteiger partial charge on any atom is -0.465 e. The molecule has 0 saturated heterocycles. The van der Waals surface area contributed by atoms with Crippen LogP contribution in [0.1, 0.15) is 20.3 Å². The van der Waals surface area contributed by atoms with E-state index >= 15 is 0 Å². The van der Waals surface area contributed by atoms with Gasteiger partial charge in [-0.25, -0.2) is 9.10 Å². The SMILES string of the molecule is CCOC(=O)CSC(CC)=NOC(=O)N(C)SC(Cl)(Cl)Cl. The number of rotatable bonds is 6. The molecule has 0 aromatic carbocycles. The molecule has 0 spiro atoms. The van der Waals surface area contributed by atoms with E-state index < -0.39 is 9.22 Å². The molecule has 11 heteroatoms. The van der Waals surface area contributed by atoms with Gasteiger partial charge in [-0.15, -0.1) is 0 Å². The van der Waals surface area contributed by atoms with Crippen molar-refractivity contribution in [3.8, 4) is 0 Å². The number of carbonyl (C=O) groups excluding carboxylic acids is 2. The van der Waals surface area contributed by atoms with Crippen LogP contribution in [0.5, 0.6) is 0 Å². The molecular weight excluding hydrogens is 383 g/mol. The molecule has 0 radical (unpaired) electrons. The summed E-state index contributed by atoms with van der Waals surface area (Å²) in [4.78, 5) is 27.5. The minimum absolute atomic E-state index is 0.0941. The Morgan fingerprint density at radius 1 is 1.29 bits per heavy atom. The first-order chi connectivity index (χ1) is 9.69. The number of carbonyl (C=O) groups is 2. The van der Waals surface area contributed by atoms with Crippen LogP contribution in [0.15, 0.2) is 5.16 Å². The van der Waals surface area contributed by atoms with Crippen LogP contribution in [0.3, 0.4) is 0 Å². The molecule has 122 valence electrons. The van der Waals surface area contributed by atoms with Gasteiger partial charge in [0.1, 0.15) is 5.04 Å². The summed E-state index contributed by atoms with van der Waals surface area (Å²) in [5.74, 6) is -0.268. The number of ether oxygens (including phenoxy) is 1. The van der Waals surface area contributed by atoms with Gasteiger partial charge >= 0.3 is 12.1 Å². The van der Waals surface area contributed by atoms with Crippen LogP contribution < -0.4 is 0 Å². The Bertz CT molecular complexity index is 391. The zero-order valence-electron chi connectivity index (χ0n) is 11.6. The maximum absolute atomic E-state index is 11.6. The highest BCUT2D eigenvalue weighted by atomic mass is 35.6. The van der Waals surface area contributed by atoms with E-state index in [1.54, 1.807) is 6.92 Å². The number of halogens is 3. The van der Waals surface area contributed by atoms with E-state index in [1.165, 1.54) is 7.05 Å². The number of esters is 1. The Morgan fingerprint density at radius 2 is 1.90 bits per heavy atom. The number of amides is 1. The average molecular weight is 398 g/mol. The van der Waals surface area contributed by atoms with Crippen molar-refractivity contribution in [1.29, 1.82) is 0 Å². The van der Waals surface area contributed by atoms with Crippen LogP contribution in [0.2, 0.25) is 0 Å². The maximum Gasteiger partial charge on any atom is 0.445 e. The fourth-order valence-electron chi connectivity index (χ4n) is 0.878. The van der Waals surface area contributed by atoms with Gasteiger partial charge in [0.2, 0.25) is 0 Å². The first-order valence-corrected chi connectivity index (χ1v) is 8.64. The molecule has 0 aromatic rings. The largest absolute Gasteiger partial charge is 0.465 e. The Morgan fingerprint density at radius 3 is 2.38 bits per heavy atom. The molecule has 0 rings (SSSR count). The van der Waals surface area contributed by atoms with Gasteiger partial charge in [0.15, 0.2) is 0 Å². The number of alkyl halides is 3. The summed E-state index contributed by atoms with van der Waals surface area (Å²) in [6.45, 7) is 3.84. The lowest BCUT2D eigenvalue weighted by Crippen LogP contribution is -2.22. The van der Waals surface area contributed by atoms with Crippen molar-refractivity contribution in [2.24, 2.45) is 5.16 Å². The summed E-state index contributed by atoms with van der Waals surface area (Å²) in [6, 6.07) is 0. The van der Waals surface area contributed by atoms with Crippen molar-refractivity contribution in [2.45, 2.75) is 23.4 Å². The molecule has 1 amide bonds. The molecule has 0 unspecified atom stereocenters. The normalized spacial score (nSPS) is 12.0. The van der Waals surface area contributed by atoms with E-state index in [9.17, 15) is 9.59 Å². The van der Waals surface area contributed by atoms with E-state index in [1.807, 2.05) is 6.92 Å². The number of thioether (sulfide) groups is 1. The molecule has 0 saturated carbocycles. The second-order valence-electron chi connectivity index (χ2n) is 3.32. The minimum atomic E-state index is -1.68. The molecule has 0 aliphatic rings. The molecule has 21 heavy (non-hydrogen) atoms. The van der Waals surface area contributed by atoms with Gasteiger partial charge in [-0.2, -0.15) is 0 Å². The number of nitrogens with zero attached hydrogens (tertiary/aromatic N) is 2. The monoisotopic (exact) mass is 396 g/mol. The zero-order chi connectivity index (χ0) is 16.5. The standard InChI is InChI=1S/C10H15Cl3N2O4S2/c1-4-7(20-6-8(16)18-5-2)14-19-9(17)15(3)21-10(11,12)13/h4-6H2,1-3H3. The van der Waals surface area contributed by atoms with E-state index in [2.05, 4.69) is 5.16 Å². The molecule has 0 atom stereocenters. The fourth-order valence-corrected chi connectivity index (χ4v) is 2.89. The van der Waals surface area contributed by atoms with Crippen molar-refractivity contribution >= 4 is 75.6 Å². The predicted octanol–water partition coefficient (Wildman–Crippen LogP) is 4.05. The lowest BCUT2D eigenvalue weighted by Gasteiger charge is -2.17. The van der Waals surface area contributed by atoms with Crippen LogP contribution in [-0.2, 0) is 14.4 Å². The molecule has 0 aromatic heterocycles. The quantitative estimate of drug-likeness (QED) is 0.128. The summed E-state index contributed by atoms with van der Waals surface area (Å²) in [6.07, 6.45) is -0.299. The molecule has 0 heterocycles. The summed E-state index contributed by atoms with van der Waals surface area (Å²) in [5.41, 5.74) is 0. The van der Waals surface area contributed by atoms with Gasteiger partial charge in [-0.1, -0.05) is 58.6 Å². The third-order valence-electron chi connectivity index (χ3n) is 1.69. The Hall–Kier alpha value is -0.0200. The number of hydrogen-bond donors (Lipinski definition) is 0. The predicted molar refractivity (Wildman–Crippen MR) is 88.9 cm³/mol. The molecule has 0 aliphatic heterocycles. The fraction of sp³-hybridized carbons (Fsp3) is 0.700. The Labute approximate surface area is 146 Å². The van der Waals surface area contributed by atoms with Crippen LogP contribution >= 0.6 is 58.5 Å². The van der Waals surface area contributed by atoms with E-state index in [4.69, 9.17) is 44.4 Å².